The van der Waals surface area contributed by atoms with Crippen molar-refractivity contribution >= 4 is 11.8 Å². The highest BCUT2D eigenvalue weighted by atomic mass is 16.5. The Morgan fingerprint density at radius 3 is 1.95 bits per heavy atom. The smallest absolute Gasteiger partial charge is 0.308 e. The fourth-order valence-electron chi connectivity index (χ4n) is 1.92. The van der Waals surface area contributed by atoms with Crippen LogP contribution >= 0.6 is 0 Å². The van der Waals surface area contributed by atoms with E-state index in [0.717, 1.165) is 0 Å². The fourth-order valence-corrected chi connectivity index (χ4v) is 1.92. The van der Waals surface area contributed by atoms with Crippen LogP contribution in [0, 0.1) is 5.92 Å². The highest BCUT2D eigenvalue weighted by Gasteiger charge is 2.22. The molecule has 6 heteroatoms. The summed E-state index contributed by atoms with van der Waals surface area (Å²) >= 11 is 0. The number of rotatable bonds is 7. The highest BCUT2D eigenvalue weighted by Crippen LogP contribution is 2.35. The molecule has 1 aromatic carbocycles. The molecule has 0 aliphatic heterocycles. The molecule has 0 fully saturated rings. The van der Waals surface area contributed by atoms with E-state index in [1.165, 1.54) is 28.4 Å². The van der Waals surface area contributed by atoms with Gasteiger partial charge in [0.1, 0.15) is 5.75 Å². The van der Waals surface area contributed by atoms with Gasteiger partial charge in [0, 0.05) is 12.5 Å². The van der Waals surface area contributed by atoms with E-state index in [4.69, 9.17) is 14.2 Å². The average Bonchev–Trinajstić information content (AvgIpc) is 2.52. The molecule has 0 bridgehead atoms. The molecule has 0 spiro atoms. The van der Waals surface area contributed by atoms with Crippen LogP contribution in [0.4, 0.5) is 0 Å². The Morgan fingerprint density at radius 1 is 0.952 bits per heavy atom. The number of methoxy groups -OCH3 is 4. The van der Waals surface area contributed by atoms with E-state index in [-0.39, 0.29) is 12.2 Å². The first-order chi connectivity index (χ1) is 9.98. The molecule has 1 unspecified atom stereocenters. The maximum absolute atomic E-state index is 12.3. The lowest BCUT2D eigenvalue weighted by molar-refractivity contribution is -0.144. The first-order valence-electron chi connectivity index (χ1n) is 6.39. The lowest BCUT2D eigenvalue weighted by Crippen LogP contribution is -2.17. The van der Waals surface area contributed by atoms with Crippen molar-refractivity contribution < 1.29 is 28.5 Å². The molecule has 6 nitrogen and oxygen atoms in total. The van der Waals surface area contributed by atoms with Crippen LogP contribution in [0.1, 0.15) is 23.7 Å². The molecule has 0 aliphatic carbocycles. The van der Waals surface area contributed by atoms with Gasteiger partial charge in [-0.15, -0.1) is 0 Å². The molecule has 1 rings (SSSR count). The molecule has 21 heavy (non-hydrogen) atoms. The van der Waals surface area contributed by atoms with E-state index in [9.17, 15) is 9.59 Å². The quantitative estimate of drug-likeness (QED) is 0.567. The number of carbonyl (C=O) groups is 2. The summed E-state index contributed by atoms with van der Waals surface area (Å²) in [6, 6.07) is 3.12. The van der Waals surface area contributed by atoms with Gasteiger partial charge in [0.2, 0.25) is 0 Å². The summed E-state index contributed by atoms with van der Waals surface area (Å²) in [5.41, 5.74) is 0.339. The normalized spacial score (nSPS) is 11.5. The predicted molar refractivity (Wildman–Crippen MR) is 76.2 cm³/mol. The van der Waals surface area contributed by atoms with Crippen LogP contribution in [-0.2, 0) is 9.53 Å². The third-order valence-electron chi connectivity index (χ3n) is 3.10. The Morgan fingerprint density at radius 2 is 1.48 bits per heavy atom. The van der Waals surface area contributed by atoms with E-state index in [0.29, 0.717) is 22.8 Å². The zero-order valence-corrected chi connectivity index (χ0v) is 12.9. The standard InChI is InChI=1S/C15H20O6/c1-9(15(17)21-5)6-11(16)10-7-13(19-3)14(20-4)8-12(10)18-2/h7-9H,6H2,1-5H3. The fraction of sp³-hybridized carbons (Fsp3) is 0.467. The molecule has 1 aromatic rings. The SMILES string of the molecule is COC(=O)C(C)CC(=O)c1cc(OC)c(OC)cc1OC. The number of Topliss-reactive ketones (excluding diaryl/α,β-unsaturated/α-hetero) is 1. The largest absolute Gasteiger partial charge is 0.496 e. The summed E-state index contributed by atoms with van der Waals surface area (Å²) in [6.07, 6.45) is 0.0263. The van der Waals surface area contributed by atoms with E-state index in [2.05, 4.69) is 4.74 Å². The highest BCUT2D eigenvalue weighted by molar-refractivity contribution is 6.01. The summed E-state index contributed by atoms with van der Waals surface area (Å²) in [4.78, 5) is 23.7. The van der Waals surface area contributed by atoms with Gasteiger partial charge >= 0.3 is 5.97 Å². The van der Waals surface area contributed by atoms with Crippen LogP contribution in [0.25, 0.3) is 0 Å². The number of benzene rings is 1. The van der Waals surface area contributed by atoms with Crippen LogP contribution in [0.5, 0.6) is 17.2 Å². The number of esters is 1. The summed E-state index contributed by atoms with van der Waals surface area (Å²) < 4.78 is 20.2. The summed E-state index contributed by atoms with van der Waals surface area (Å²) in [7, 11) is 5.73. The van der Waals surface area contributed by atoms with Crippen LogP contribution in [-0.4, -0.2) is 40.2 Å². The molecule has 0 heterocycles. The molecule has 0 aromatic heterocycles. The Bertz CT molecular complexity index is 523. The van der Waals surface area contributed by atoms with Crippen molar-refractivity contribution in [2.45, 2.75) is 13.3 Å². The molecular weight excluding hydrogens is 276 g/mol. The minimum absolute atomic E-state index is 0.0263. The Labute approximate surface area is 123 Å². The molecule has 0 saturated carbocycles. The van der Waals surface area contributed by atoms with Gasteiger partial charge in [-0.2, -0.15) is 0 Å². The Hall–Kier alpha value is -2.24. The summed E-state index contributed by atoms with van der Waals surface area (Å²) in [6.45, 7) is 1.64. The van der Waals surface area contributed by atoms with Crippen molar-refractivity contribution in [1.82, 2.24) is 0 Å². The monoisotopic (exact) mass is 296 g/mol. The number of hydrogen-bond donors (Lipinski definition) is 0. The van der Waals surface area contributed by atoms with Crippen LogP contribution < -0.4 is 14.2 Å². The van der Waals surface area contributed by atoms with E-state index in [1.807, 2.05) is 0 Å². The maximum atomic E-state index is 12.3. The second-order valence-electron chi connectivity index (χ2n) is 4.46. The second kappa shape index (κ2) is 7.52. The topological polar surface area (TPSA) is 71.1 Å². The molecule has 0 aliphatic rings. The van der Waals surface area contributed by atoms with Gasteiger partial charge in [-0.05, 0) is 6.07 Å². The van der Waals surface area contributed by atoms with Gasteiger partial charge in [-0.25, -0.2) is 0 Å². The Balaban J connectivity index is 3.10. The zero-order valence-electron chi connectivity index (χ0n) is 12.9. The lowest BCUT2D eigenvalue weighted by atomic mass is 9.98. The van der Waals surface area contributed by atoms with Gasteiger partial charge in [0.25, 0.3) is 0 Å². The van der Waals surface area contributed by atoms with Gasteiger partial charge in [-0.1, -0.05) is 6.92 Å². The lowest BCUT2D eigenvalue weighted by Gasteiger charge is -2.14. The van der Waals surface area contributed by atoms with Crippen molar-refractivity contribution in [2.24, 2.45) is 5.92 Å². The van der Waals surface area contributed by atoms with Crippen molar-refractivity contribution in [3.05, 3.63) is 17.7 Å². The third-order valence-corrected chi connectivity index (χ3v) is 3.10. The van der Waals surface area contributed by atoms with Gasteiger partial charge in [0.05, 0.1) is 39.9 Å². The van der Waals surface area contributed by atoms with Gasteiger partial charge in [0.15, 0.2) is 17.3 Å². The number of ether oxygens (including phenoxy) is 4. The van der Waals surface area contributed by atoms with E-state index in [1.54, 1.807) is 19.1 Å². The molecule has 0 N–H and O–H groups in total. The van der Waals surface area contributed by atoms with Crippen molar-refractivity contribution in [3.8, 4) is 17.2 Å². The van der Waals surface area contributed by atoms with Crippen molar-refractivity contribution in [1.29, 1.82) is 0 Å². The molecular formula is C15H20O6. The number of hydrogen-bond acceptors (Lipinski definition) is 6. The van der Waals surface area contributed by atoms with Crippen LogP contribution in [0.3, 0.4) is 0 Å². The number of carbonyl (C=O) groups excluding carboxylic acids is 2. The van der Waals surface area contributed by atoms with Crippen LogP contribution in [0.15, 0.2) is 12.1 Å². The van der Waals surface area contributed by atoms with Crippen molar-refractivity contribution in [2.75, 3.05) is 28.4 Å². The first-order valence-corrected chi connectivity index (χ1v) is 6.39. The molecule has 0 radical (unpaired) electrons. The first kappa shape index (κ1) is 16.8. The average molecular weight is 296 g/mol. The van der Waals surface area contributed by atoms with Gasteiger partial charge in [-0.3, -0.25) is 9.59 Å². The molecule has 1 atom stereocenters. The maximum Gasteiger partial charge on any atom is 0.308 e. The minimum Gasteiger partial charge on any atom is -0.496 e. The summed E-state index contributed by atoms with van der Waals surface area (Å²) in [5.74, 6) is 0.0720. The minimum atomic E-state index is -0.527. The van der Waals surface area contributed by atoms with E-state index < -0.39 is 11.9 Å². The summed E-state index contributed by atoms with van der Waals surface area (Å²) in [5, 5.41) is 0. The molecule has 0 saturated heterocycles. The zero-order chi connectivity index (χ0) is 16.0. The number of ketones is 1. The van der Waals surface area contributed by atoms with E-state index >= 15 is 0 Å². The predicted octanol–water partition coefficient (Wildman–Crippen LogP) is 2.09. The Kier molecular flexibility index (Phi) is 6.02. The van der Waals surface area contributed by atoms with Gasteiger partial charge < -0.3 is 18.9 Å². The van der Waals surface area contributed by atoms with Crippen molar-refractivity contribution in [3.63, 3.8) is 0 Å². The third kappa shape index (κ3) is 3.87. The second-order valence-corrected chi connectivity index (χ2v) is 4.46. The molecule has 116 valence electrons. The molecule has 0 amide bonds. The van der Waals surface area contributed by atoms with Crippen LogP contribution in [0.2, 0.25) is 0 Å².